The Labute approximate surface area is 131 Å². The second-order valence-electron chi connectivity index (χ2n) is 6.91. The van der Waals surface area contributed by atoms with Gasteiger partial charge in [0.1, 0.15) is 11.4 Å². The maximum Gasteiger partial charge on any atom is 0.410 e. The standard InChI is InChI=1S/C17H25FN2O2/c1-17(2,3)22-16(21)20-10-9-15(12-20)19(4)11-13-5-7-14(18)8-6-13/h5-8,15H,9-12H2,1-4H3. The fourth-order valence-electron chi connectivity index (χ4n) is 2.60. The number of ether oxygens (including phenoxy) is 1. The largest absolute Gasteiger partial charge is 0.444 e. The van der Waals surface area contributed by atoms with Gasteiger partial charge in [-0.2, -0.15) is 0 Å². The minimum absolute atomic E-state index is 0.219. The number of nitrogens with zero attached hydrogens (tertiary/aromatic N) is 2. The van der Waals surface area contributed by atoms with E-state index in [2.05, 4.69) is 4.90 Å². The zero-order valence-electron chi connectivity index (χ0n) is 13.8. The lowest BCUT2D eigenvalue weighted by molar-refractivity contribution is 0.0282. The molecule has 1 aliphatic heterocycles. The van der Waals surface area contributed by atoms with Gasteiger partial charge in [0, 0.05) is 25.7 Å². The molecular formula is C17H25FN2O2. The number of hydrogen-bond acceptors (Lipinski definition) is 3. The normalized spacial score (nSPS) is 18.8. The van der Waals surface area contributed by atoms with E-state index in [9.17, 15) is 9.18 Å². The van der Waals surface area contributed by atoms with E-state index in [1.54, 1.807) is 17.0 Å². The summed E-state index contributed by atoms with van der Waals surface area (Å²) in [5.41, 5.74) is 0.606. The Balaban J connectivity index is 1.87. The van der Waals surface area contributed by atoms with Gasteiger partial charge in [0.15, 0.2) is 0 Å². The third kappa shape index (κ3) is 4.70. The fraction of sp³-hybridized carbons (Fsp3) is 0.588. The number of carbonyl (C=O) groups excluding carboxylic acids is 1. The van der Waals surface area contributed by atoms with Crippen molar-refractivity contribution in [2.24, 2.45) is 0 Å². The van der Waals surface area contributed by atoms with Crippen LogP contribution in [0.2, 0.25) is 0 Å². The van der Waals surface area contributed by atoms with Crippen molar-refractivity contribution in [1.29, 1.82) is 0 Å². The Kier molecular flexibility index (Phi) is 5.06. The van der Waals surface area contributed by atoms with Crippen molar-refractivity contribution in [3.05, 3.63) is 35.6 Å². The minimum atomic E-state index is -0.463. The van der Waals surface area contributed by atoms with E-state index in [1.165, 1.54) is 12.1 Å². The first-order valence-electron chi connectivity index (χ1n) is 7.67. The van der Waals surface area contributed by atoms with Crippen LogP contribution in [-0.2, 0) is 11.3 Å². The molecule has 0 radical (unpaired) electrons. The number of likely N-dealkylation sites (N-methyl/N-ethyl adjacent to an activating group) is 1. The molecule has 1 heterocycles. The quantitative estimate of drug-likeness (QED) is 0.859. The van der Waals surface area contributed by atoms with Gasteiger partial charge >= 0.3 is 6.09 Å². The van der Waals surface area contributed by atoms with Gasteiger partial charge in [-0.25, -0.2) is 9.18 Å². The Hall–Kier alpha value is -1.62. The fourth-order valence-corrected chi connectivity index (χ4v) is 2.60. The van der Waals surface area contributed by atoms with Crippen molar-refractivity contribution in [2.75, 3.05) is 20.1 Å². The molecule has 1 saturated heterocycles. The van der Waals surface area contributed by atoms with Crippen LogP contribution in [0.25, 0.3) is 0 Å². The second-order valence-corrected chi connectivity index (χ2v) is 6.91. The van der Waals surface area contributed by atoms with Gasteiger partial charge in [-0.3, -0.25) is 4.90 Å². The van der Waals surface area contributed by atoms with Crippen LogP contribution in [-0.4, -0.2) is 47.7 Å². The van der Waals surface area contributed by atoms with Crippen LogP contribution >= 0.6 is 0 Å². The summed E-state index contributed by atoms with van der Waals surface area (Å²) in [6.45, 7) is 7.75. The maximum atomic E-state index is 12.9. The van der Waals surface area contributed by atoms with Crippen LogP contribution < -0.4 is 0 Å². The molecule has 0 bridgehead atoms. The molecule has 4 nitrogen and oxygen atoms in total. The summed E-state index contributed by atoms with van der Waals surface area (Å²) in [5.74, 6) is -0.219. The van der Waals surface area contributed by atoms with Crippen molar-refractivity contribution in [2.45, 2.75) is 45.4 Å². The average molecular weight is 308 g/mol. The van der Waals surface area contributed by atoms with E-state index in [4.69, 9.17) is 4.74 Å². The van der Waals surface area contributed by atoms with E-state index in [0.29, 0.717) is 19.1 Å². The van der Waals surface area contributed by atoms with Gasteiger partial charge in [-0.15, -0.1) is 0 Å². The highest BCUT2D eigenvalue weighted by molar-refractivity contribution is 5.68. The van der Waals surface area contributed by atoms with E-state index < -0.39 is 5.60 Å². The van der Waals surface area contributed by atoms with Gasteiger partial charge in [-0.1, -0.05) is 12.1 Å². The van der Waals surface area contributed by atoms with Gasteiger partial charge in [0.25, 0.3) is 0 Å². The molecule has 5 heteroatoms. The van der Waals surface area contributed by atoms with E-state index in [-0.39, 0.29) is 11.9 Å². The molecule has 122 valence electrons. The third-order valence-corrected chi connectivity index (χ3v) is 3.78. The molecule has 2 rings (SSSR count). The van der Waals surface area contributed by atoms with Gasteiger partial charge in [0.05, 0.1) is 0 Å². The molecule has 1 atom stereocenters. The van der Waals surface area contributed by atoms with Crippen molar-refractivity contribution in [3.8, 4) is 0 Å². The monoisotopic (exact) mass is 308 g/mol. The Bertz CT molecular complexity index is 510. The first-order valence-corrected chi connectivity index (χ1v) is 7.67. The molecule has 1 unspecified atom stereocenters. The Morgan fingerprint density at radius 1 is 1.36 bits per heavy atom. The summed E-state index contributed by atoms with van der Waals surface area (Å²) < 4.78 is 18.3. The molecule has 1 aromatic carbocycles. The van der Waals surface area contributed by atoms with Crippen molar-refractivity contribution >= 4 is 6.09 Å². The topological polar surface area (TPSA) is 32.8 Å². The number of halogens is 1. The number of carbonyl (C=O) groups is 1. The van der Waals surface area contributed by atoms with Crippen LogP contribution in [0.4, 0.5) is 9.18 Å². The summed E-state index contributed by atoms with van der Waals surface area (Å²) in [6.07, 6.45) is 0.682. The van der Waals surface area contributed by atoms with Crippen molar-refractivity contribution in [3.63, 3.8) is 0 Å². The minimum Gasteiger partial charge on any atom is -0.444 e. The highest BCUT2D eigenvalue weighted by Gasteiger charge is 2.31. The van der Waals surface area contributed by atoms with E-state index in [0.717, 1.165) is 18.5 Å². The smallest absolute Gasteiger partial charge is 0.410 e. The van der Waals surface area contributed by atoms with Gasteiger partial charge in [0.2, 0.25) is 0 Å². The lowest BCUT2D eigenvalue weighted by Gasteiger charge is -2.26. The van der Waals surface area contributed by atoms with Crippen LogP contribution in [0.1, 0.15) is 32.8 Å². The van der Waals surface area contributed by atoms with E-state index in [1.807, 2.05) is 27.8 Å². The summed E-state index contributed by atoms with van der Waals surface area (Å²) >= 11 is 0. The highest BCUT2D eigenvalue weighted by Crippen LogP contribution is 2.19. The molecule has 1 fully saturated rings. The maximum absolute atomic E-state index is 12.9. The first-order chi connectivity index (χ1) is 10.2. The zero-order chi connectivity index (χ0) is 16.3. The van der Waals surface area contributed by atoms with Crippen LogP contribution in [0, 0.1) is 5.82 Å². The lowest BCUT2D eigenvalue weighted by Crippen LogP contribution is -2.38. The van der Waals surface area contributed by atoms with Crippen LogP contribution in [0.5, 0.6) is 0 Å². The average Bonchev–Trinajstić information content (AvgIpc) is 2.89. The second kappa shape index (κ2) is 6.65. The van der Waals surface area contributed by atoms with E-state index >= 15 is 0 Å². The summed E-state index contributed by atoms with van der Waals surface area (Å²) in [7, 11) is 2.03. The number of benzene rings is 1. The van der Waals surface area contributed by atoms with Crippen LogP contribution in [0.3, 0.4) is 0 Å². The molecule has 0 saturated carbocycles. The number of amides is 1. The summed E-state index contributed by atoms with van der Waals surface area (Å²) in [4.78, 5) is 16.0. The number of rotatable bonds is 3. The predicted octanol–water partition coefficient (Wildman–Crippen LogP) is 3.27. The van der Waals surface area contributed by atoms with Crippen molar-refractivity contribution < 1.29 is 13.9 Å². The molecule has 22 heavy (non-hydrogen) atoms. The SMILES string of the molecule is CN(Cc1ccc(F)cc1)C1CCN(C(=O)OC(C)(C)C)C1. The molecule has 1 aromatic rings. The zero-order valence-corrected chi connectivity index (χ0v) is 13.8. The highest BCUT2D eigenvalue weighted by atomic mass is 19.1. The molecular weight excluding hydrogens is 283 g/mol. The number of hydrogen-bond donors (Lipinski definition) is 0. The molecule has 0 aromatic heterocycles. The molecule has 1 amide bonds. The van der Waals surface area contributed by atoms with Gasteiger partial charge in [-0.05, 0) is 51.9 Å². The lowest BCUT2D eigenvalue weighted by atomic mass is 10.1. The molecule has 0 spiro atoms. The summed E-state index contributed by atoms with van der Waals surface area (Å²) in [6, 6.07) is 6.85. The van der Waals surface area contributed by atoms with Gasteiger partial charge < -0.3 is 9.64 Å². The molecule has 0 N–H and O–H groups in total. The third-order valence-electron chi connectivity index (χ3n) is 3.78. The van der Waals surface area contributed by atoms with Crippen LogP contribution in [0.15, 0.2) is 24.3 Å². The molecule has 0 aliphatic carbocycles. The molecule has 1 aliphatic rings. The predicted molar refractivity (Wildman–Crippen MR) is 84.1 cm³/mol. The summed E-state index contributed by atoms with van der Waals surface area (Å²) in [5, 5.41) is 0. The number of likely N-dealkylation sites (tertiary alicyclic amines) is 1. The first kappa shape index (κ1) is 16.7. The Morgan fingerprint density at radius 2 is 2.00 bits per heavy atom. The Morgan fingerprint density at radius 3 is 2.59 bits per heavy atom. The van der Waals surface area contributed by atoms with Crippen molar-refractivity contribution in [1.82, 2.24) is 9.80 Å².